The minimum atomic E-state index is -3.42. The Balaban J connectivity index is 1.26. The molecule has 1 spiro atoms. The van der Waals surface area contributed by atoms with Gasteiger partial charge in [0.1, 0.15) is 0 Å². The Morgan fingerprint density at radius 3 is 2.24 bits per heavy atom. The zero-order chi connectivity index (χ0) is 38.0. The lowest BCUT2D eigenvalue weighted by atomic mass is 9.82. The van der Waals surface area contributed by atoms with E-state index >= 15 is 8.90 Å². The number of halogens is 1. The van der Waals surface area contributed by atoms with E-state index in [2.05, 4.69) is 10.3 Å². The number of hydrogen-bond donors (Lipinski definition) is 1. The Labute approximate surface area is 319 Å². The molecule has 0 unspecified atom stereocenters. The van der Waals surface area contributed by atoms with Gasteiger partial charge in [-0.05, 0) is 81.1 Å². The van der Waals surface area contributed by atoms with E-state index in [4.69, 9.17) is 4.74 Å². The van der Waals surface area contributed by atoms with Crippen molar-refractivity contribution in [3.8, 4) is 0 Å². The van der Waals surface area contributed by atoms with Crippen molar-refractivity contribution >= 4 is 43.2 Å². The smallest absolute Gasteiger partial charge is 0.264 e. The molecule has 3 fully saturated rings. The summed E-state index contributed by atoms with van der Waals surface area (Å²) in [6, 6.07) is 13.7. The molecule has 4 aliphatic rings. The second kappa shape index (κ2) is 16.0. The normalized spacial score (nSPS) is 25.5. The van der Waals surface area contributed by atoms with Crippen LogP contribution in [0.3, 0.4) is 0 Å². The summed E-state index contributed by atoms with van der Waals surface area (Å²) in [6.45, 7) is 7.27. The Morgan fingerprint density at radius 1 is 0.907 bits per heavy atom. The van der Waals surface area contributed by atoms with Crippen molar-refractivity contribution in [2.45, 2.75) is 127 Å². The van der Waals surface area contributed by atoms with Gasteiger partial charge in [0.05, 0.1) is 24.0 Å². The highest BCUT2D eigenvalue weighted by Gasteiger charge is 2.66. The SMILES string of the molecule is C[C@H]1[C@H]([Si](C)(C)F)[C@@H](CCn2cc(CCO)nn2)O[C@]12C(=O)N(Cc1cccc(N3CCCCCCC3=O)c1)c1ccc(N3CCCCCCC3=O)cc12. The van der Waals surface area contributed by atoms with Gasteiger partial charge in [-0.2, -0.15) is 0 Å². The number of aliphatic hydroxyl groups is 1. The molecule has 290 valence electrons. The van der Waals surface area contributed by atoms with Crippen LogP contribution in [0.2, 0.25) is 18.6 Å². The van der Waals surface area contributed by atoms with E-state index in [0.717, 1.165) is 68.3 Å². The predicted molar refractivity (Wildman–Crippen MR) is 208 cm³/mol. The van der Waals surface area contributed by atoms with E-state index in [1.807, 2.05) is 59.2 Å². The van der Waals surface area contributed by atoms with Gasteiger partial charge in [0.2, 0.25) is 20.2 Å². The minimum absolute atomic E-state index is 0.0299. The van der Waals surface area contributed by atoms with Gasteiger partial charge in [0.15, 0.2) is 5.60 Å². The maximum Gasteiger partial charge on any atom is 0.264 e. The van der Waals surface area contributed by atoms with Crippen LogP contribution in [0.1, 0.15) is 94.4 Å². The first kappa shape index (κ1) is 38.3. The third-order valence-corrected chi connectivity index (χ3v) is 14.5. The molecule has 2 aromatic carbocycles. The third-order valence-electron chi connectivity index (χ3n) is 12.1. The molecule has 0 saturated carbocycles. The lowest BCUT2D eigenvalue weighted by Gasteiger charge is -2.32. The van der Waals surface area contributed by atoms with Crippen LogP contribution in [0.5, 0.6) is 0 Å². The number of rotatable bonds is 10. The number of aromatic nitrogens is 3. The number of nitrogens with zero attached hydrogens (tertiary/aromatic N) is 6. The van der Waals surface area contributed by atoms with Gasteiger partial charge in [-0.25, -0.2) is 0 Å². The monoisotopic (exact) mass is 758 g/mol. The molecule has 4 atom stereocenters. The van der Waals surface area contributed by atoms with E-state index in [1.165, 1.54) is 0 Å². The molecule has 4 aliphatic heterocycles. The van der Waals surface area contributed by atoms with Crippen LogP contribution in [0.15, 0.2) is 48.7 Å². The fourth-order valence-corrected chi connectivity index (χ4v) is 12.0. The Hall–Kier alpha value is -3.94. The quantitative estimate of drug-likeness (QED) is 0.178. The van der Waals surface area contributed by atoms with E-state index < -0.39 is 31.6 Å². The van der Waals surface area contributed by atoms with E-state index in [-0.39, 0.29) is 30.9 Å². The molecule has 0 bridgehead atoms. The average Bonchev–Trinajstić information content (AvgIpc) is 3.77. The molecule has 11 nitrogen and oxygen atoms in total. The number of hydrogen-bond acceptors (Lipinski definition) is 7. The van der Waals surface area contributed by atoms with Crippen LogP contribution in [-0.4, -0.2) is 72.0 Å². The lowest BCUT2D eigenvalue weighted by Crippen LogP contribution is -2.45. The Bertz CT molecular complexity index is 1850. The Kier molecular flexibility index (Phi) is 11.4. The zero-order valence-corrected chi connectivity index (χ0v) is 33.0. The summed E-state index contributed by atoms with van der Waals surface area (Å²) in [6.07, 6.45) is 10.9. The molecular weight excluding hydrogens is 704 g/mol. The molecule has 0 aliphatic carbocycles. The predicted octanol–water partition coefficient (Wildman–Crippen LogP) is 6.82. The summed E-state index contributed by atoms with van der Waals surface area (Å²) < 4.78 is 25.4. The number of ether oxygens (including phenoxy) is 1. The zero-order valence-electron chi connectivity index (χ0n) is 32.0. The van der Waals surface area contributed by atoms with Crippen LogP contribution in [-0.2, 0) is 44.2 Å². The molecule has 0 radical (unpaired) electrons. The molecule has 7 rings (SSSR count). The van der Waals surface area contributed by atoms with Gasteiger partial charge in [0, 0.05) is 80.1 Å². The summed E-state index contributed by atoms with van der Waals surface area (Å²) in [5.74, 6) is -0.527. The van der Waals surface area contributed by atoms with Crippen LogP contribution in [0, 0.1) is 5.92 Å². The molecule has 5 heterocycles. The summed E-state index contributed by atoms with van der Waals surface area (Å²) in [4.78, 5) is 47.4. The number of anilines is 3. The van der Waals surface area contributed by atoms with Crippen molar-refractivity contribution in [3.05, 3.63) is 65.5 Å². The third kappa shape index (κ3) is 7.51. The van der Waals surface area contributed by atoms with Crippen LogP contribution in [0.25, 0.3) is 0 Å². The summed E-state index contributed by atoms with van der Waals surface area (Å²) in [5, 5.41) is 17.7. The molecule has 3 amide bonds. The number of benzene rings is 2. The van der Waals surface area contributed by atoms with Gasteiger partial charge >= 0.3 is 0 Å². The van der Waals surface area contributed by atoms with Gasteiger partial charge < -0.3 is 28.7 Å². The first-order chi connectivity index (χ1) is 26.0. The van der Waals surface area contributed by atoms with E-state index in [9.17, 15) is 14.7 Å². The molecule has 13 heteroatoms. The number of fused-ring (bicyclic) bond motifs is 2. The van der Waals surface area contributed by atoms with Crippen molar-refractivity contribution < 1.29 is 28.3 Å². The first-order valence-electron chi connectivity index (χ1n) is 20.0. The fourth-order valence-electron chi connectivity index (χ4n) is 9.44. The highest BCUT2D eigenvalue weighted by Crippen LogP contribution is 2.61. The summed E-state index contributed by atoms with van der Waals surface area (Å²) in [5.41, 5.74) is 2.55. The summed E-state index contributed by atoms with van der Waals surface area (Å²) >= 11 is 0. The van der Waals surface area contributed by atoms with Gasteiger partial charge in [-0.3, -0.25) is 19.1 Å². The van der Waals surface area contributed by atoms with Gasteiger partial charge in [-0.15, -0.1) is 5.10 Å². The van der Waals surface area contributed by atoms with Crippen molar-refractivity contribution in [3.63, 3.8) is 0 Å². The topological polar surface area (TPSA) is 121 Å². The highest BCUT2D eigenvalue weighted by atomic mass is 28.4. The summed E-state index contributed by atoms with van der Waals surface area (Å²) in [7, 11) is -3.42. The lowest BCUT2D eigenvalue weighted by molar-refractivity contribution is -0.146. The highest BCUT2D eigenvalue weighted by molar-refractivity contribution is 6.72. The van der Waals surface area contributed by atoms with Crippen LogP contribution < -0.4 is 14.7 Å². The minimum Gasteiger partial charge on any atom is -0.396 e. The van der Waals surface area contributed by atoms with E-state index in [1.54, 1.807) is 28.9 Å². The molecule has 3 aromatic rings. The maximum atomic E-state index is 16.6. The second-order valence-corrected chi connectivity index (χ2v) is 20.0. The van der Waals surface area contributed by atoms with E-state index in [0.29, 0.717) is 62.3 Å². The van der Waals surface area contributed by atoms with Crippen molar-refractivity contribution in [1.82, 2.24) is 15.0 Å². The average molecular weight is 759 g/mol. The van der Waals surface area contributed by atoms with Gasteiger partial charge in [0.25, 0.3) is 5.91 Å². The van der Waals surface area contributed by atoms with Crippen molar-refractivity contribution in [2.75, 3.05) is 34.4 Å². The van der Waals surface area contributed by atoms with Crippen LogP contribution >= 0.6 is 0 Å². The molecule has 54 heavy (non-hydrogen) atoms. The number of carbonyl (C=O) groups excluding carboxylic acids is 3. The number of aliphatic hydroxyl groups excluding tert-OH is 1. The first-order valence-corrected chi connectivity index (χ1v) is 23.0. The molecule has 1 aromatic heterocycles. The second-order valence-electron chi connectivity index (χ2n) is 16.2. The number of carbonyl (C=O) groups is 3. The largest absolute Gasteiger partial charge is 0.396 e. The van der Waals surface area contributed by atoms with Crippen LogP contribution in [0.4, 0.5) is 21.2 Å². The van der Waals surface area contributed by atoms with Crippen molar-refractivity contribution in [1.29, 1.82) is 0 Å². The maximum absolute atomic E-state index is 16.6. The number of amides is 3. The number of aryl methyl sites for hydroxylation is 1. The molecule has 1 N–H and O–H groups in total. The standard InChI is InChI=1S/C41H55FN6O5Si/c1-29-39(54(2,3)42)36(19-23-45-28-31(20-24-49)43-44-45)53-41(29)34-26-33(47-22-11-7-5-9-16-38(47)51)17-18-35(34)48(40(41)52)27-30-13-12-14-32(25-30)46-21-10-6-4-8-15-37(46)50/h12-14,17-18,25-26,28-29,36,39,49H,4-11,15-16,19-24,27H2,1-3H3/t29-,36+,39-,41+/m0/s1. The molecular formula is C41H55FN6O5Si. The fraction of sp³-hybridized carbons (Fsp3) is 0.585. The Morgan fingerprint density at radius 2 is 1.57 bits per heavy atom. The van der Waals surface area contributed by atoms with Crippen molar-refractivity contribution in [2.24, 2.45) is 5.92 Å². The molecule has 3 saturated heterocycles. The van der Waals surface area contributed by atoms with Gasteiger partial charge in [-0.1, -0.05) is 50.0 Å².